The standard InChI is InChI=1S/C21H26N2O3/c1-3-4-5-8-14-26-19-13-7-6-12-18(19)21(25)23-17-11-9-10-16(15-17)20(24)22-2/h6-7,9-13,15H,3-5,8,14H2,1-2H3,(H,22,24)(H,23,25). The topological polar surface area (TPSA) is 67.4 Å². The van der Waals surface area contributed by atoms with Crippen molar-refractivity contribution in [3.63, 3.8) is 0 Å². The maximum Gasteiger partial charge on any atom is 0.259 e. The third-order valence-electron chi connectivity index (χ3n) is 4.00. The predicted molar refractivity (Wildman–Crippen MR) is 104 cm³/mol. The first-order chi connectivity index (χ1) is 12.7. The van der Waals surface area contributed by atoms with E-state index in [2.05, 4.69) is 17.6 Å². The third-order valence-corrected chi connectivity index (χ3v) is 4.00. The Labute approximate surface area is 154 Å². The first kappa shape index (κ1) is 19.5. The summed E-state index contributed by atoms with van der Waals surface area (Å²) in [6, 6.07) is 14.0. The summed E-state index contributed by atoms with van der Waals surface area (Å²) in [6.07, 6.45) is 4.45. The van der Waals surface area contributed by atoms with E-state index >= 15 is 0 Å². The van der Waals surface area contributed by atoms with Crippen molar-refractivity contribution >= 4 is 17.5 Å². The molecule has 5 heteroatoms. The lowest BCUT2D eigenvalue weighted by atomic mass is 10.1. The summed E-state index contributed by atoms with van der Waals surface area (Å²) in [5.74, 6) is 0.115. The number of unbranched alkanes of at least 4 members (excludes halogenated alkanes) is 3. The fourth-order valence-electron chi connectivity index (χ4n) is 2.57. The Bertz CT molecular complexity index is 744. The van der Waals surface area contributed by atoms with Gasteiger partial charge in [-0.2, -0.15) is 0 Å². The molecule has 0 aliphatic carbocycles. The van der Waals surface area contributed by atoms with Crippen molar-refractivity contribution in [2.45, 2.75) is 32.6 Å². The van der Waals surface area contributed by atoms with Crippen LogP contribution in [0.3, 0.4) is 0 Å². The molecule has 0 aliphatic rings. The molecule has 2 aromatic rings. The van der Waals surface area contributed by atoms with Gasteiger partial charge < -0.3 is 15.4 Å². The lowest BCUT2D eigenvalue weighted by Gasteiger charge is -2.12. The van der Waals surface area contributed by atoms with Crippen LogP contribution in [0.2, 0.25) is 0 Å². The lowest BCUT2D eigenvalue weighted by Crippen LogP contribution is -2.18. The Kier molecular flexibility index (Phi) is 7.68. The Morgan fingerprint density at radius 3 is 2.54 bits per heavy atom. The molecule has 0 bridgehead atoms. The van der Waals surface area contributed by atoms with Crippen LogP contribution in [-0.4, -0.2) is 25.5 Å². The minimum atomic E-state index is -0.261. The van der Waals surface area contributed by atoms with Gasteiger partial charge in [-0.1, -0.05) is 44.4 Å². The number of ether oxygens (including phenoxy) is 1. The van der Waals surface area contributed by atoms with Crippen LogP contribution in [0.15, 0.2) is 48.5 Å². The molecule has 0 saturated carbocycles. The second kappa shape index (κ2) is 10.2. The maximum atomic E-state index is 12.6. The van der Waals surface area contributed by atoms with Crippen LogP contribution in [0, 0.1) is 0 Å². The van der Waals surface area contributed by atoms with E-state index in [1.807, 2.05) is 6.07 Å². The molecule has 0 spiro atoms. The summed E-state index contributed by atoms with van der Waals surface area (Å²) in [5, 5.41) is 5.40. The molecule has 2 N–H and O–H groups in total. The van der Waals surface area contributed by atoms with Crippen molar-refractivity contribution in [1.82, 2.24) is 5.32 Å². The minimum Gasteiger partial charge on any atom is -0.493 e. The molecule has 0 unspecified atom stereocenters. The monoisotopic (exact) mass is 354 g/mol. The van der Waals surface area contributed by atoms with Gasteiger partial charge in [0.05, 0.1) is 12.2 Å². The number of rotatable bonds is 9. The number of benzene rings is 2. The van der Waals surface area contributed by atoms with Crippen LogP contribution in [0.1, 0.15) is 53.3 Å². The van der Waals surface area contributed by atoms with Crippen molar-refractivity contribution in [3.05, 3.63) is 59.7 Å². The van der Waals surface area contributed by atoms with E-state index in [4.69, 9.17) is 4.74 Å². The van der Waals surface area contributed by atoms with Crippen molar-refractivity contribution in [2.24, 2.45) is 0 Å². The normalized spacial score (nSPS) is 10.2. The molecule has 0 aromatic heterocycles. The van der Waals surface area contributed by atoms with Gasteiger partial charge in [-0.3, -0.25) is 9.59 Å². The van der Waals surface area contributed by atoms with Crippen LogP contribution in [0.5, 0.6) is 5.75 Å². The number of para-hydroxylation sites is 1. The van der Waals surface area contributed by atoms with E-state index in [-0.39, 0.29) is 11.8 Å². The van der Waals surface area contributed by atoms with E-state index in [1.165, 1.54) is 12.8 Å². The zero-order chi connectivity index (χ0) is 18.8. The average molecular weight is 354 g/mol. The van der Waals surface area contributed by atoms with Crippen molar-refractivity contribution in [1.29, 1.82) is 0 Å². The first-order valence-electron chi connectivity index (χ1n) is 9.01. The molecule has 26 heavy (non-hydrogen) atoms. The van der Waals surface area contributed by atoms with E-state index in [0.717, 1.165) is 12.8 Å². The zero-order valence-electron chi connectivity index (χ0n) is 15.4. The Morgan fingerprint density at radius 1 is 0.962 bits per heavy atom. The summed E-state index contributed by atoms with van der Waals surface area (Å²) in [5.41, 5.74) is 1.54. The van der Waals surface area contributed by atoms with E-state index in [1.54, 1.807) is 49.5 Å². The van der Waals surface area contributed by atoms with E-state index in [9.17, 15) is 9.59 Å². The van der Waals surface area contributed by atoms with E-state index < -0.39 is 0 Å². The first-order valence-corrected chi connectivity index (χ1v) is 9.01. The van der Waals surface area contributed by atoms with Crippen LogP contribution >= 0.6 is 0 Å². The SMILES string of the molecule is CCCCCCOc1ccccc1C(=O)Nc1cccc(C(=O)NC)c1. The summed E-state index contributed by atoms with van der Waals surface area (Å²) in [4.78, 5) is 24.4. The predicted octanol–water partition coefficient (Wildman–Crippen LogP) is 4.26. The molecular formula is C21H26N2O3. The Balaban J connectivity index is 2.04. The smallest absolute Gasteiger partial charge is 0.259 e. The van der Waals surface area contributed by atoms with Crippen molar-refractivity contribution in [3.8, 4) is 5.75 Å². The number of hydrogen-bond acceptors (Lipinski definition) is 3. The van der Waals surface area contributed by atoms with Gasteiger partial charge in [-0.25, -0.2) is 0 Å². The highest BCUT2D eigenvalue weighted by molar-refractivity contribution is 6.06. The Morgan fingerprint density at radius 2 is 1.77 bits per heavy atom. The Hall–Kier alpha value is -2.82. The molecule has 5 nitrogen and oxygen atoms in total. The molecule has 0 heterocycles. The molecule has 0 fully saturated rings. The molecule has 2 amide bonds. The number of carbonyl (C=O) groups excluding carboxylic acids is 2. The van der Waals surface area contributed by atoms with Gasteiger partial charge in [0, 0.05) is 18.3 Å². The van der Waals surface area contributed by atoms with Crippen molar-refractivity contribution < 1.29 is 14.3 Å². The molecule has 0 saturated heterocycles. The van der Waals surface area contributed by atoms with Gasteiger partial charge in [0.1, 0.15) is 5.75 Å². The molecular weight excluding hydrogens is 328 g/mol. The quantitative estimate of drug-likeness (QED) is 0.661. The van der Waals surface area contributed by atoms with Crippen LogP contribution in [0.4, 0.5) is 5.69 Å². The number of hydrogen-bond donors (Lipinski definition) is 2. The zero-order valence-corrected chi connectivity index (χ0v) is 15.4. The number of amides is 2. The number of anilines is 1. The van der Waals surface area contributed by atoms with Gasteiger partial charge in [0.2, 0.25) is 0 Å². The molecule has 2 aromatic carbocycles. The van der Waals surface area contributed by atoms with Crippen molar-refractivity contribution in [2.75, 3.05) is 19.0 Å². The number of nitrogens with one attached hydrogen (secondary N) is 2. The van der Waals surface area contributed by atoms with Crippen LogP contribution in [0.25, 0.3) is 0 Å². The van der Waals surface area contributed by atoms with Gasteiger partial charge in [0.25, 0.3) is 11.8 Å². The van der Waals surface area contributed by atoms with Gasteiger partial charge >= 0.3 is 0 Å². The van der Waals surface area contributed by atoms with E-state index in [0.29, 0.717) is 29.2 Å². The maximum absolute atomic E-state index is 12.6. The lowest BCUT2D eigenvalue weighted by molar-refractivity contribution is 0.0961. The highest BCUT2D eigenvalue weighted by Crippen LogP contribution is 2.21. The summed E-state index contributed by atoms with van der Waals surface area (Å²) in [6.45, 7) is 2.76. The molecule has 0 atom stereocenters. The van der Waals surface area contributed by atoms with Crippen LogP contribution < -0.4 is 15.4 Å². The third kappa shape index (κ3) is 5.62. The van der Waals surface area contributed by atoms with Gasteiger partial charge in [-0.05, 0) is 36.8 Å². The van der Waals surface area contributed by atoms with Gasteiger partial charge in [0.15, 0.2) is 0 Å². The molecule has 2 rings (SSSR count). The fraction of sp³-hybridized carbons (Fsp3) is 0.333. The summed E-state index contributed by atoms with van der Waals surface area (Å²) >= 11 is 0. The second-order valence-corrected chi connectivity index (χ2v) is 6.02. The highest BCUT2D eigenvalue weighted by Gasteiger charge is 2.13. The average Bonchev–Trinajstić information content (AvgIpc) is 2.67. The number of carbonyl (C=O) groups is 2. The second-order valence-electron chi connectivity index (χ2n) is 6.02. The van der Waals surface area contributed by atoms with Gasteiger partial charge in [-0.15, -0.1) is 0 Å². The van der Waals surface area contributed by atoms with Crippen LogP contribution in [-0.2, 0) is 0 Å². The summed E-state index contributed by atoms with van der Waals surface area (Å²) < 4.78 is 5.80. The molecule has 0 radical (unpaired) electrons. The molecule has 138 valence electrons. The molecule has 0 aliphatic heterocycles. The summed E-state index contributed by atoms with van der Waals surface area (Å²) in [7, 11) is 1.57. The largest absolute Gasteiger partial charge is 0.493 e. The highest BCUT2D eigenvalue weighted by atomic mass is 16.5. The minimum absolute atomic E-state index is 0.197. The fourth-order valence-corrected chi connectivity index (χ4v) is 2.57.